The van der Waals surface area contributed by atoms with Crippen molar-refractivity contribution in [1.82, 2.24) is 0 Å². The van der Waals surface area contributed by atoms with Gasteiger partial charge in [-0.2, -0.15) is 0 Å². The highest BCUT2D eigenvalue weighted by atomic mass is 16.7. The Morgan fingerprint density at radius 2 is 1.70 bits per heavy atom. The van der Waals surface area contributed by atoms with E-state index in [4.69, 9.17) is 30.1 Å². The van der Waals surface area contributed by atoms with Gasteiger partial charge in [-0.15, -0.1) is 0 Å². The molecular formula is C23H17NO6. The second-order valence-corrected chi connectivity index (χ2v) is 6.77. The van der Waals surface area contributed by atoms with E-state index >= 15 is 0 Å². The first-order valence-corrected chi connectivity index (χ1v) is 9.19. The molecule has 3 aromatic carbocycles. The van der Waals surface area contributed by atoms with E-state index in [1.54, 1.807) is 14.2 Å². The zero-order valence-electron chi connectivity index (χ0n) is 16.3. The minimum Gasteiger partial charge on any atom is -0.493 e. The number of hydrogen-bond acceptors (Lipinski definition) is 7. The fourth-order valence-electron chi connectivity index (χ4n) is 4.01. The summed E-state index contributed by atoms with van der Waals surface area (Å²) in [5.41, 5.74) is 3.30. The van der Waals surface area contributed by atoms with E-state index < -0.39 is 5.97 Å². The molecular weight excluding hydrogens is 386 g/mol. The molecule has 0 bridgehead atoms. The lowest BCUT2D eigenvalue weighted by atomic mass is 9.88. The minimum absolute atomic E-state index is 0.125. The Bertz CT molecular complexity index is 1260. The number of rotatable bonds is 4. The van der Waals surface area contributed by atoms with Gasteiger partial charge in [-0.05, 0) is 35.2 Å². The molecule has 7 heteroatoms. The standard InChI is InChI=1S/C23H17NO6/c1-4-24-22-14-9-18(27-3)17(26-2)8-13(14)20(21-15(22)10-28-23(21)25)12-5-6-16-19(7-12)30-11-29-16/h1,5-9,24H,10-11H2,2-3H3. The lowest BCUT2D eigenvalue weighted by Gasteiger charge is -2.18. The zero-order valence-corrected chi connectivity index (χ0v) is 16.3. The normalized spacial score (nSPS) is 13.6. The Balaban J connectivity index is 1.92. The summed E-state index contributed by atoms with van der Waals surface area (Å²) in [4.78, 5) is 12.8. The monoisotopic (exact) mass is 403 g/mol. The molecule has 1 N–H and O–H groups in total. The van der Waals surface area contributed by atoms with Crippen LogP contribution in [0.3, 0.4) is 0 Å². The molecule has 0 radical (unpaired) electrons. The summed E-state index contributed by atoms with van der Waals surface area (Å²) in [6.45, 7) is 0.287. The molecule has 0 atom stereocenters. The van der Waals surface area contributed by atoms with Crippen LogP contribution in [0.2, 0.25) is 0 Å². The maximum absolute atomic E-state index is 12.8. The van der Waals surface area contributed by atoms with Crippen LogP contribution in [0.4, 0.5) is 5.69 Å². The van der Waals surface area contributed by atoms with Crippen molar-refractivity contribution in [2.45, 2.75) is 6.61 Å². The van der Waals surface area contributed by atoms with Gasteiger partial charge in [0.2, 0.25) is 6.79 Å². The number of anilines is 1. The largest absolute Gasteiger partial charge is 0.493 e. The summed E-state index contributed by atoms with van der Waals surface area (Å²) in [5, 5.41) is 4.49. The fraction of sp³-hybridized carbons (Fsp3) is 0.174. The molecule has 5 rings (SSSR count). The van der Waals surface area contributed by atoms with Crippen LogP contribution in [-0.2, 0) is 11.3 Å². The first-order valence-electron chi connectivity index (χ1n) is 9.19. The highest BCUT2D eigenvalue weighted by Crippen LogP contribution is 2.48. The predicted octanol–water partition coefficient (Wildman–Crippen LogP) is 3.93. The molecule has 2 aliphatic rings. The average molecular weight is 403 g/mol. The molecule has 0 saturated heterocycles. The highest BCUT2D eigenvalue weighted by Gasteiger charge is 2.32. The quantitative estimate of drug-likeness (QED) is 0.402. The van der Waals surface area contributed by atoms with Gasteiger partial charge in [0, 0.05) is 22.6 Å². The Morgan fingerprint density at radius 3 is 2.43 bits per heavy atom. The number of methoxy groups -OCH3 is 2. The Labute approximate surface area is 172 Å². The minimum atomic E-state index is -0.408. The number of ether oxygens (including phenoxy) is 5. The SMILES string of the molecule is C#CNc1c2c(c(-c3ccc4c(c3)OCO4)c3cc(OC)c(OC)cc13)C(=O)OC2. The fourth-order valence-corrected chi connectivity index (χ4v) is 4.01. The highest BCUT2D eigenvalue weighted by molar-refractivity contribution is 6.16. The topological polar surface area (TPSA) is 75.3 Å². The number of terminal acetylenes is 1. The van der Waals surface area contributed by atoms with E-state index in [9.17, 15) is 4.79 Å². The van der Waals surface area contributed by atoms with Crippen LogP contribution < -0.4 is 24.3 Å². The smallest absolute Gasteiger partial charge is 0.339 e. The van der Waals surface area contributed by atoms with E-state index in [1.807, 2.05) is 30.3 Å². The first-order chi connectivity index (χ1) is 14.7. The van der Waals surface area contributed by atoms with Crippen molar-refractivity contribution in [2.24, 2.45) is 0 Å². The lowest BCUT2D eigenvalue weighted by Crippen LogP contribution is -2.03. The molecule has 30 heavy (non-hydrogen) atoms. The lowest BCUT2D eigenvalue weighted by molar-refractivity contribution is 0.0536. The second-order valence-electron chi connectivity index (χ2n) is 6.77. The number of esters is 1. The number of carbonyl (C=O) groups is 1. The summed E-state index contributed by atoms with van der Waals surface area (Å²) < 4.78 is 27.3. The van der Waals surface area contributed by atoms with Crippen LogP contribution in [0.15, 0.2) is 30.3 Å². The number of hydrogen-bond donors (Lipinski definition) is 1. The Hall–Kier alpha value is -4.05. The molecule has 7 nitrogen and oxygen atoms in total. The average Bonchev–Trinajstić information content (AvgIpc) is 3.39. The van der Waals surface area contributed by atoms with Crippen LogP contribution in [0.1, 0.15) is 15.9 Å². The first kappa shape index (κ1) is 18.0. The number of fused-ring (bicyclic) bond motifs is 3. The molecule has 0 spiro atoms. The van der Waals surface area contributed by atoms with Crippen molar-refractivity contribution in [1.29, 1.82) is 0 Å². The second kappa shape index (κ2) is 6.78. The van der Waals surface area contributed by atoms with Crippen LogP contribution in [0.25, 0.3) is 21.9 Å². The van der Waals surface area contributed by atoms with Gasteiger partial charge in [-0.1, -0.05) is 12.5 Å². The van der Waals surface area contributed by atoms with E-state index in [0.717, 1.165) is 16.3 Å². The third-order valence-corrected chi connectivity index (χ3v) is 5.33. The number of benzene rings is 3. The Kier molecular flexibility index (Phi) is 4.07. The van der Waals surface area contributed by atoms with E-state index in [-0.39, 0.29) is 13.4 Å². The van der Waals surface area contributed by atoms with Gasteiger partial charge in [0.25, 0.3) is 0 Å². The predicted molar refractivity (Wildman–Crippen MR) is 110 cm³/mol. The van der Waals surface area contributed by atoms with Crippen LogP contribution in [-0.4, -0.2) is 27.0 Å². The van der Waals surface area contributed by atoms with Gasteiger partial charge in [0.05, 0.1) is 25.5 Å². The summed E-state index contributed by atoms with van der Waals surface area (Å²) in [6, 6.07) is 11.7. The molecule has 0 aromatic heterocycles. The van der Waals surface area contributed by atoms with Crippen molar-refractivity contribution < 1.29 is 28.5 Å². The molecule has 0 fully saturated rings. The summed E-state index contributed by atoms with van der Waals surface area (Å²) in [6.07, 6.45) is 5.54. The Morgan fingerprint density at radius 1 is 0.967 bits per heavy atom. The van der Waals surface area contributed by atoms with Crippen LogP contribution in [0, 0.1) is 12.5 Å². The zero-order chi connectivity index (χ0) is 20.8. The molecule has 2 aliphatic heterocycles. The molecule has 3 aromatic rings. The number of carbonyl (C=O) groups excluding carboxylic acids is 1. The molecule has 2 heterocycles. The van der Waals surface area contributed by atoms with Crippen LogP contribution >= 0.6 is 0 Å². The van der Waals surface area contributed by atoms with Crippen molar-refractivity contribution >= 4 is 22.4 Å². The van der Waals surface area contributed by atoms with Gasteiger partial charge in [-0.3, -0.25) is 0 Å². The number of cyclic esters (lactones) is 1. The maximum Gasteiger partial charge on any atom is 0.339 e. The summed E-state index contributed by atoms with van der Waals surface area (Å²) in [5.74, 6) is 1.95. The molecule has 0 aliphatic carbocycles. The van der Waals surface area contributed by atoms with Crippen molar-refractivity contribution in [2.75, 3.05) is 26.3 Å². The van der Waals surface area contributed by atoms with Crippen molar-refractivity contribution in [3.05, 3.63) is 41.5 Å². The molecule has 0 amide bonds. The molecule has 150 valence electrons. The van der Waals surface area contributed by atoms with E-state index in [1.165, 1.54) is 0 Å². The van der Waals surface area contributed by atoms with Gasteiger partial charge >= 0.3 is 5.97 Å². The third kappa shape index (κ3) is 2.51. The third-order valence-electron chi connectivity index (χ3n) is 5.33. The molecule has 0 unspecified atom stereocenters. The van der Waals surface area contributed by atoms with Crippen molar-refractivity contribution in [3.8, 4) is 46.6 Å². The van der Waals surface area contributed by atoms with E-state index in [2.05, 4.69) is 11.4 Å². The summed E-state index contributed by atoms with van der Waals surface area (Å²) >= 11 is 0. The van der Waals surface area contributed by atoms with Gasteiger partial charge < -0.3 is 29.0 Å². The van der Waals surface area contributed by atoms with Crippen molar-refractivity contribution in [3.63, 3.8) is 0 Å². The summed E-state index contributed by atoms with van der Waals surface area (Å²) in [7, 11) is 3.13. The van der Waals surface area contributed by atoms with E-state index in [0.29, 0.717) is 45.4 Å². The van der Waals surface area contributed by atoms with Gasteiger partial charge in [0.15, 0.2) is 23.0 Å². The van der Waals surface area contributed by atoms with Gasteiger partial charge in [0.1, 0.15) is 6.61 Å². The van der Waals surface area contributed by atoms with Crippen LogP contribution in [0.5, 0.6) is 23.0 Å². The molecule has 0 saturated carbocycles. The number of nitrogens with one attached hydrogen (secondary N) is 1. The maximum atomic E-state index is 12.8. The van der Waals surface area contributed by atoms with Gasteiger partial charge in [-0.25, -0.2) is 4.79 Å².